The fraction of sp³-hybridized carbons (Fsp3) is 0.538. The maximum Gasteiger partial charge on any atom is 0.145 e. The molecule has 0 bridgehead atoms. The second kappa shape index (κ2) is 4.84. The summed E-state index contributed by atoms with van der Waals surface area (Å²) in [5.74, 6) is 0.721. The summed E-state index contributed by atoms with van der Waals surface area (Å²) in [4.78, 5) is 0. The maximum atomic E-state index is 6.18. The van der Waals surface area contributed by atoms with Crippen molar-refractivity contribution in [2.24, 2.45) is 5.73 Å². The van der Waals surface area contributed by atoms with E-state index in [9.17, 15) is 0 Å². The standard InChI is InChI=1S/C13H18ClNO2/c1-13(2,15)6-9-3-4-12(11(14)5-9)17-10-7-16-8-10/h3-5,10H,6-8,15H2,1-2H3. The Balaban J connectivity index is 2.05. The first kappa shape index (κ1) is 12.7. The average molecular weight is 256 g/mol. The fourth-order valence-electron chi connectivity index (χ4n) is 1.74. The second-order valence-electron chi connectivity index (χ2n) is 5.21. The van der Waals surface area contributed by atoms with Gasteiger partial charge in [0, 0.05) is 5.54 Å². The minimum Gasteiger partial charge on any atom is -0.484 e. The van der Waals surface area contributed by atoms with Gasteiger partial charge < -0.3 is 15.2 Å². The molecule has 1 aromatic rings. The number of rotatable bonds is 4. The van der Waals surface area contributed by atoms with Gasteiger partial charge in [0.25, 0.3) is 0 Å². The molecule has 0 atom stereocenters. The van der Waals surface area contributed by atoms with Crippen LogP contribution in [0.5, 0.6) is 5.75 Å². The van der Waals surface area contributed by atoms with Gasteiger partial charge in [-0.15, -0.1) is 0 Å². The van der Waals surface area contributed by atoms with Gasteiger partial charge in [-0.1, -0.05) is 17.7 Å². The number of benzene rings is 1. The lowest BCUT2D eigenvalue weighted by Gasteiger charge is -2.27. The molecule has 1 aromatic carbocycles. The van der Waals surface area contributed by atoms with Crippen LogP contribution >= 0.6 is 11.6 Å². The highest BCUT2D eigenvalue weighted by molar-refractivity contribution is 6.32. The Hall–Kier alpha value is -0.770. The summed E-state index contributed by atoms with van der Waals surface area (Å²) in [7, 11) is 0. The summed E-state index contributed by atoms with van der Waals surface area (Å²) < 4.78 is 10.7. The zero-order chi connectivity index (χ0) is 12.5. The van der Waals surface area contributed by atoms with Crippen molar-refractivity contribution in [3.63, 3.8) is 0 Å². The topological polar surface area (TPSA) is 44.5 Å². The van der Waals surface area contributed by atoms with Crippen molar-refractivity contribution in [2.45, 2.75) is 31.9 Å². The minimum absolute atomic E-state index is 0.143. The molecule has 0 unspecified atom stereocenters. The van der Waals surface area contributed by atoms with Crippen molar-refractivity contribution in [3.8, 4) is 5.75 Å². The molecule has 94 valence electrons. The molecule has 17 heavy (non-hydrogen) atoms. The van der Waals surface area contributed by atoms with Crippen LogP contribution in [0.3, 0.4) is 0 Å². The smallest absolute Gasteiger partial charge is 0.145 e. The van der Waals surface area contributed by atoms with Gasteiger partial charge in [-0.3, -0.25) is 0 Å². The summed E-state index contributed by atoms with van der Waals surface area (Å²) in [5.41, 5.74) is 6.87. The van der Waals surface area contributed by atoms with Gasteiger partial charge >= 0.3 is 0 Å². The summed E-state index contributed by atoms with van der Waals surface area (Å²) in [6.07, 6.45) is 0.934. The normalized spacial score (nSPS) is 16.7. The van der Waals surface area contributed by atoms with Crippen molar-refractivity contribution >= 4 is 11.6 Å². The highest BCUT2D eigenvalue weighted by Crippen LogP contribution is 2.28. The van der Waals surface area contributed by atoms with Crippen molar-refractivity contribution in [1.29, 1.82) is 0 Å². The van der Waals surface area contributed by atoms with Crippen LogP contribution < -0.4 is 10.5 Å². The van der Waals surface area contributed by atoms with E-state index in [4.69, 9.17) is 26.8 Å². The first-order valence-electron chi connectivity index (χ1n) is 5.76. The Morgan fingerprint density at radius 2 is 2.18 bits per heavy atom. The molecule has 1 aliphatic heterocycles. The van der Waals surface area contributed by atoms with Gasteiger partial charge in [-0.25, -0.2) is 0 Å². The van der Waals surface area contributed by atoms with Crippen LogP contribution in [0.4, 0.5) is 0 Å². The van der Waals surface area contributed by atoms with Gasteiger partial charge in [0.15, 0.2) is 0 Å². The van der Waals surface area contributed by atoms with Crippen LogP contribution in [-0.4, -0.2) is 24.9 Å². The molecule has 2 rings (SSSR count). The Bertz CT molecular complexity index is 397. The molecular formula is C13H18ClNO2. The van der Waals surface area contributed by atoms with E-state index in [1.807, 2.05) is 32.0 Å². The number of ether oxygens (including phenoxy) is 2. The van der Waals surface area contributed by atoms with Crippen LogP contribution in [-0.2, 0) is 11.2 Å². The summed E-state index contributed by atoms with van der Waals surface area (Å²) >= 11 is 6.18. The summed E-state index contributed by atoms with van der Waals surface area (Å²) in [6.45, 7) is 5.29. The van der Waals surface area contributed by atoms with Crippen LogP contribution in [0.2, 0.25) is 5.02 Å². The monoisotopic (exact) mass is 255 g/mol. The van der Waals surface area contributed by atoms with E-state index in [2.05, 4.69) is 0 Å². The fourth-order valence-corrected chi connectivity index (χ4v) is 1.99. The van der Waals surface area contributed by atoms with E-state index < -0.39 is 0 Å². The maximum absolute atomic E-state index is 6.18. The molecular weight excluding hydrogens is 238 g/mol. The van der Waals surface area contributed by atoms with Gasteiger partial charge in [0.05, 0.1) is 18.2 Å². The number of hydrogen-bond donors (Lipinski definition) is 1. The van der Waals surface area contributed by atoms with Crippen LogP contribution in [0.15, 0.2) is 18.2 Å². The number of nitrogens with two attached hydrogens (primary N) is 1. The van der Waals surface area contributed by atoms with E-state index in [0.29, 0.717) is 18.2 Å². The Morgan fingerprint density at radius 1 is 1.47 bits per heavy atom. The first-order valence-corrected chi connectivity index (χ1v) is 6.13. The van der Waals surface area contributed by atoms with Crippen molar-refractivity contribution < 1.29 is 9.47 Å². The van der Waals surface area contributed by atoms with E-state index in [1.54, 1.807) is 0 Å². The third-order valence-electron chi connectivity index (χ3n) is 2.56. The molecule has 1 heterocycles. The number of hydrogen-bond acceptors (Lipinski definition) is 3. The van der Waals surface area contributed by atoms with Gasteiger partial charge in [0.1, 0.15) is 11.9 Å². The Kier molecular flexibility index (Phi) is 3.61. The van der Waals surface area contributed by atoms with Gasteiger partial charge in [-0.2, -0.15) is 0 Å². The molecule has 1 fully saturated rings. The predicted octanol–water partition coefficient (Wildman–Crippen LogP) is 2.40. The lowest BCUT2D eigenvalue weighted by molar-refractivity contribution is -0.0796. The lowest BCUT2D eigenvalue weighted by atomic mass is 9.96. The van der Waals surface area contributed by atoms with Gasteiger partial charge in [-0.05, 0) is 38.0 Å². The SMILES string of the molecule is CC(C)(N)Cc1ccc(OC2COC2)c(Cl)c1. The second-order valence-corrected chi connectivity index (χ2v) is 5.61. The predicted molar refractivity (Wildman–Crippen MR) is 68.7 cm³/mol. The third kappa shape index (κ3) is 3.60. The first-order chi connectivity index (χ1) is 7.94. The molecule has 2 N–H and O–H groups in total. The van der Waals surface area contributed by atoms with E-state index >= 15 is 0 Å². The lowest BCUT2D eigenvalue weighted by Crippen LogP contribution is -2.38. The Labute approximate surface area is 107 Å². The Morgan fingerprint density at radius 3 is 2.65 bits per heavy atom. The molecule has 0 spiro atoms. The third-order valence-corrected chi connectivity index (χ3v) is 2.85. The van der Waals surface area contributed by atoms with Crippen LogP contribution in [0.25, 0.3) is 0 Å². The molecule has 0 saturated carbocycles. The molecule has 1 saturated heterocycles. The minimum atomic E-state index is -0.229. The van der Waals surface area contributed by atoms with Crippen LogP contribution in [0, 0.1) is 0 Å². The molecule has 0 aliphatic carbocycles. The highest BCUT2D eigenvalue weighted by Gasteiger charge is 2.21. The molecule has 1 aliphatic rings. The van der Waals surface area contributed by atoms with E-state index in [-0.39, 0.29) is 11.6 Å². The molecule has 3 nitrogen and oxygen atoms in total. The van der Waals surface area contributed by atoms with E-state index in [1.165, 1.54) is 0 Å². The quantitative estimate of drug-likeness (QED) is 0.899. The highest BCUT2D eigenvalue weighted by atomic mass is 35.5. The zero-order valence-electron chi connectivity index (χ0n) is 10.2. The summed E-state index contributed by atoms with van der Waals surface area (Å²) in [6, 6.07) is 5.84. The van der Waals surface area contributed by atoms with E-state index in [0.717, 1.165) is 17.7 Å². The zero-order valence-corrected chi connectivity index (χ0v) is 11.0. The average Bonchev–Trinajstić information content (AvgIpc) is 2.11. The summed E-state index contributed by atoms with van der Waals surface area (Å²) in [5, 5.41) is 0.638. The molecule has 0 radical (unpaired) electrons. The molecule has 4 heteroatoms. The molecule has 0 amide bonds. The largest absolute Gasteiger partial charge is 0.484 e. The van der Waals surface area contributed by atoms with Crippen molar-refractivity contribution in [1.82, 2.24) is 0 Å². The van der Waals surface area contributed by atoms with Crippen LogP contribution in [0.1, 0.15) is 19.4 Å². The van der Waals surface area contributed by atoms with Crippen molar-refractivity contribution in [3.05, 3.63) is 28.8 Å². The van der Waals surface area contributed by atoms with Gasteiger partial charge in [0.2, 0.25) is 0 Å². The molecule has 0 aromatic heterocycles. The number of halogens is 1. The van der Waals surface area contributed by atoms with Crippen molar-refractivity contribution in [2.75, 3.05) is 13.2 Å².